The summed E-state index contributed by atoms with van der Waals surface area (Å²) >= 11 is 0. The van der Waals surface area contributed by atoms with Crippen LogP contribution in [-0.4, -0.2) is 45.9 Å². The average molecular weight is 277 g/mol. The molecule has 0 aliphatic carbocycles. The molecule has 1 amide bonds. The quantitative estimate of drug-likeness (QED) is 0.442. The Kier molecular flexibility index (Phi) is 10.2. The Morgan fingerprint density at radius 3 is 2.33 bits per heavy atom. The van der Waals surface area contributed by atoms with Crippen molar-refractivity contribution in [2.24, 2.45) is 0 Å². The van der Waals surface area contributed by atoms with Crippen molar-refractivity contribution in [3.63, 3.8) is 0 Å². The highest BCUT2D eigenvalue weighted by Gasteiger charge is 2.29. The van der Waals surface area contributed by atoms with Gasteiger partial charge < -0.3 is 19.3 Å². The molecule has 0 aromatic heterocycles. The molecule has 2 N–H and O–H groups in total. The first-order chi connectivity index (χ1) is 8.58. The maximum absolute atomic E-state index is 11.3. The number of hydrogen-bond donors (Lipinski definition) is 2. The van der Waals surface area contributed by atoms with Gasteiger partial charge in [-0.25, -0.2) is 0 Å². The summed E-state index contributed by atoms with van der Waals surface area (Å²) in [6, 6.07) is 0.884. The molecule has 5 nitrogen and oxygen atoms in total. The Hall–Kier alpha value is -0.433. The summed E-state index contributed by atoms with van der Waals surface area (Å²) in [4.78, 5) is 11.3. The number of aliphatic hydroxyl groups excluding tert-OH is 1. The fourth-order valence-electron chi connectivity index (χ4n) is 1.76. The van der Waals surface area contributed by atoms with Crippen LogP contribution in [0.1, 0.15) is 33.1 Å². The summed E-state index contributed by atoms with van der Waals surface area (Å²) in [5.74, 6) is 0.000222. The van der Waals surface area contributed by atoms with Crippen LogP contribution in [0.3, 0.4) is 0 Å². The molecule has 0 aromatic carbocycles. The van der Waals surface area contributed by atoms with E-state index in [9.17, 15) is 4.79 Å². The molecular weight excluding hydrogens is 250 g/mol. The smallest absolute Gasteiger partial charge is 0.334 e. The fraction of sp³-hybridized carbons (Fsp3) is 0.917. The van der Waals surface area contributed by atoms with Gasteiger partial charge in [-0.15, -0.1) is 0 Å². The highest BCUT2D eigenvalue weighted by Crippen LogP contribution is 2.15. The fourth-order valence-corrected chi connectivity index (χ4v) is 4.17. The highest BCUT2D eigenvalue weighted by molar-refractivity contribution is 6.66. The molecule has 0 atom stereocenters. The van der Waals surface area contributed by atoms with Gasteiger partial charge in [-0.05, 0) is 39.3 Å². The number of amides is 1. The lowest BCUT2D eigenvalue weighted by Crippen LogP contribution is -2.39. The monoisotopic (exact) mass is 277 g/mol. The van der Waals surface area contributed by atoms with Crippen LogP contribution in [0.4, 0.5) is 0 Å². The lowest BCUT2D eigenvalue weighted by atomic mass is 10.3. The Labute approximate surface area is 111 Å². The third-order valence-corrected chi connectivity index (χ3v) is 5.65. The first-order valence-corrected chi connectivity index (χ1v) is 9.25. The number of nitrogens with one attached hydrogen (secondary N) is 1. The van der Waals surface area contributed by atoms with Gasteiger partial charge in [0.05, 0.1) is 0 Å². The second kappa shape index (κ2) is 10.5. The molecule has 108 valence electrons. The van der Waals surface area contributed by atoms with E-state index >= 15 is 0 Å². The molecule has 0 aromatic rings. The lowest BCUT2D eigenvalue weighted by molar-refractivity contribution is -0.121. The van der Waals surface area contributed by atoms with Crippen molar-refractivity contribution < 1.29 is 18.8 Å². The average Bonchev–Trinajstić information content (AvgIpc) is 2.33. The van der Waals surface area contributed by atoms with Crippen LogP contribution < -0.4 is 5.32 Å². The van der Waals surface area contributed by atoms with E-state index < -0.39 is 8.56 Å². The van der Waals surface area contributed by atoms with E-state index in [4.69, 9.17) is 14.0 Å². The summed E-state index contributed by atoms with van der Waals surface area (Å²) in [7, 11) is -2.04. The van der Waals surface area contributed by atoms with Crippen LogP contribution in [0.5, 0.6) is 0 Å². The van der Waals surface area contributed by atoms with Crippen LogP contribution in [0, 0.1) is 0 Å². The number of rotatable bonds is 11. The first kappa shape index (κ1) is 17.6. The van der Waals surface area contributed by atoms with Gasteiger partial charge in [0.1, 0.15) is 0 Å². The van der Waals surface area contributed by atoms with Gasteiger partial charge in [-0.3, -0.25) is 4.79 Å². The van der Waals surface area contributed by atoms with E-state index in [1.165, 1.54) is 0 Å². The molecular formula is C12H27NO4Si. The van der Waals surface area contributed by atoms with Gasteiger partial charge in [0.2, 0.25) is 5.91 Å². The molecule has 0 radical (unpaired) electrons. The van der Waals surface area contributed by atoms with Gasteiger partial charge in [-0.2, -0.15) is 0 Å². The summed E-state index contributed by atoms with van der Waals surface area (Å²) in [6.07, 6.45) is 1.78. The molecule has 18 heavy (non-hydrogen) atoms. The lowest BCUT2D eigenvalue weighted by Gasteiger charge is -2.25. The van der Waals surface area contributed by atoms with Crippen molar-refractivity contribution in [2.75, 3.05) is 26.4 Å². The zero-order valence-electron chi connectivity index (χ0n) is 11.8. The predicted octanol–water partition coefficient (Wildman–Crippen LogP) is 1.41. The van der Waals surface area contributed by atoms with Crippen molar-refractivity contribution in [3.8, 4) is 0 Å². The van der Waals surface area contributed by atoms with Crippen LogP contribution >= 0.6 is 0 Å². The van der Waals surface area contributed by atoms with Crippen molar-refractivity contribution in [3.05, 3.63) is 0 Å². The highest BCUT2D eigenvalue weighted by atomic mass is 28.4. The van der Waals surface area contributed by atoms with Gasteiger partial charge in [0.25, 0.3) is 0 Å². The summed E-state index contributed by atoms with van der Waals surface area (Å²) in [5.41, 5.74) is 0. The maximum atomic E-state index is 11.3. The second-order valence-corrected chi connectivity index (χ2v) is 7.63. The van der Waals surface area contributed by atoms with Gasteiger partial charge >= 0.3 is 8.56 Å². The third-order valence-electron chi connectivity index (χ3n) is 2.59. The summed E-state index contributed by atoms with van der Waals surface area (Å²) in [6.45, 7) is 8.06. The Morgan fingerprint density at radius 2 is 1.83 bits per heavy atom. The largest absolute Gasteiger partial charge is 0.396 e. The standard InChI is InChI=1S/C12H27NO4Si/c1-4-16-18(3,17-5-2)11-7-9-13-12(15)8-6-10-14/h14H,4-11H2,1-3H3,(H,13,15). The number of carbonyl (C=O) groups is 1. The molecule has 0 aliphatic heterocycles. The van der Waals surface area contributed by atoms with Gasteiger partial charge in [0, 0.05) is 32.8 Å². The topological polar surface area (TPSA) is 67.8 Å². The van der Waals surface area contributed by atoms with E-state index in [1.807, 2.05) is 13.8 Å². The molecule has 0 aliphatic rings. The Balaban J connectivity index is 3.75. The van der Waals surface area contributed by atoms with E-state index in [-0.39, 0.29) is 12.5 Å². The normalized spacial score (nSPS) is 11.6. The minimum Gasteiger partial charge on any atom is -0.396 e. The van der Waals surface area contributed by atoms with Crippen molar-refractivity contribution in [1.82, 2.24) is 5.32 Å². The third kappa shape index (κ3) is 8.63. The number of carbonyl (C=O) groups excluding carboxylic acids is 1. The van der Waals surface area contributed by atoms with E-state index in [2.05, 4.69) is 11.9 Å². The summed E-state index contributed by atoms with van der Waals surface area (Å²) < 4.78 is 11.4. The van der Waals surface area contributed by atoms with E-state index in [0.717, 1.165) is 12.5 Å². The van der Waals surface area contributed by atoms with Crippen LogP contribution in [0.15, 0.2) is 0 Å². The minimum absolute atomic E-state index is 0.000222. The molecule has 0 saturated heterocycles. The SMILES string of the molecule is CCO[Si](C)(CCCNC(=O)CCCO)OCC. The molecule has 0 heterocycles. The zero-order valence-corrected chi connectivity index (χ0v) is 12.8. The van der Waals surface area contributed by atoms with Crippen LogP contribution in [0.2, 0.25) is 12.6 Å². The molecule has 0 fully saturated rings. The Morgan fingerprint density at radius 1 is 1.22 bits per heavy atom. The zero-order chi connectivity index (χ0) is 13.9. The van der Waals surface area contributed by atoms with E-state index in [1.54, 1.807) is 0 Å². The first-order valence-electron chi connectivity index (χ1n) is 6.73. The second-order valence-electron chi connectivity index (χ2n) is 4.28. The molecule has 0 bridgehead atoms. The summed E-state index contributed by atoms with van der Waals surface area (Å²) in [5, 5.41) is 11.4. The molecule has 0 spiro atoms. The van der Waals surface area contributed by atoms with Crippen molar-refractivity contribution >= 4 is 14.5 Å². The molecule has 6 heteroatoms. The van der Waals surface area contributed by atoms with Gasteiger partial charge in [-0.1, -0.05) is 0 Å². The molecule has 0 rings (SSSR count). The maximum Gasteiger partial charge on any atom is 0.334 e. The van der Waals surface area contributed by atoms with Crippen molar-refractivity contribution in [2.45, 2.75) is 45.7 Å². The van der Waals surface area contributed by atoms with Crippen LogP contribution in [-0.2, 0) is 13.6 Å². The van der Waals surface area contributed by atoms with Crippen LogP contribution in [0.25, 0.3) is 0 Å². The molecule has 0 saturated carbocycles. The van der Waals surface area contributed by atoms with E-state index in [0.29, 0.717) is 32.6 Å². The van der Waals surface area contributed by atoms with Gasteiger partial charge in [0.15, 0.2) is 0 Å². The number of aliphatic hydroxyl groups is 1. The van der Waals surface area contributed by atoms with Crippen molar-refractivity contribution in [1.29, 1.82) is 0 Å². The number of hydrogen-bond acceptors (Lipinski definition) is 4. The minimum atomic E-state index is -2.04. The predicted molar refractivity (Wildman–Crippen MR) is 73.6 cm³/mol. The molecule has 0 unspecified atom stereocenters. The Bertz CT molecular complexity index is 220.